The van der Waals surface area contributed by atoms with Gasteiger partial charge in [0.05, 0.1) is 0 Å². The Morgan fingerprint density at radius 3 is 2.28 bits per heavy atom. The lowest BCUT2D eigenvalue weighted by molar-refractivity contribution is 0.328. The van der Waals surface area contributed by atoms with Gasteiger partial charge >= 0.3 is 0 Å². The molecule has 5 heteroatoms. The van der Waals surface area contributed by atoms with Crippen LogP contribution in [-0.4, -0.2) is 14.9 Å². The third kappa shape index (κ3) is 4.46. The molecule has 0 unspecified atom stereocenters. The Hall–Kier alpha value is -0.813. The molecule has 0 heterocycles. The zero-order chi connectivity index (χ0) is 13.8. The standard InChI is InChI=1S/C13H19F3OSi/c1-4-17-18(2,3)7-5-6-10-8-12(15)13(16)9-11(10)14/h8-9H,4-7H2,1-3H3. The summed E-state index contributed by atoms with van der Waals surface area (Å²) in [4.78, 5) is 0. The van der Waals surface area contributed by atoms with Crippen molar-refractivity contribution in [1.82, 2.24) is 0 Å². The molecular weight excluding hydrogens is 257 g/mol. The van der Waals surface area contributed by atoms with E-state index in [2.05, 4.69) is 13.1 Å². The van der Waals surface area contributed by atoms with Crippen LogP contribution in [0, 0.1) is 17.5 Å². The third-order valence-electron chi connectivity index (χ3n) is 2.85. The van der Waals surface area contributed by atoms with Crippen molar-refractivity contribution in [2.24, 2.45) is 0 Å². The van der Waals surface area contributed by atoms with Gasteiger partial charge in [-0.3, -0.25) is 0 Å². The highest BCUT2D eigenvalue weighted by atomic mass is 28.4. The molecule has 1 rings (SSSR count). The van der Waals surface area contributed by atoms with E-state index >= 15 is 0 Å². The van der Waals surface area contributed by atoms with Crippen LogP contribution in [0.1, 0.15) is 18.9 Å². The molecule has 0 N–H and O–H groups in total. The maximum absolute atomic E-state index is 13.4. The predicted octanol–water partition coefficient (Wildman–Crippen LogP) is 4.28. The number of hydrogen-bond acceptors (Lipinski definition) is 1. The van der Waals surface area contributed by atoms with Gasteiger partial charge in [0.1, 0.15) is 5.82 Å². The van der Waals surface area contributed by atoms with Crippen LogP contribution in [0.15, 0.2) is 12.1 Å². The summed E-state index contributed by atoms with van der Waals surface area (Å²) >= 11 is 0. The lowest BCUT2D eigenvalue weighted by atomic mass is 10.1. The normalized spacial score (nSPS) is 11.9. The van der Waals surface area contributed by atoms with Gasteiger partial charge in [-0.25, -0.2) is 13.2 Å². The summed E-state index contributed by atoms with van der Waals surface area (Å²) in [5.74, 6) is -2.81. The SMILES string of the molecule is CCO[Si](C)(C)CCCc1cc(F)c(F)cc1F. The van der Waals surface area contributed by atoms with Gasteiger partial charge in [0.25, 0.3) is 0 Å². The predicted molar refractivity (Wildman–Crippen MR) is 68.6 cm³/mol. The lowest BCUT2D eigenvalue weighted by Crippen LogP contribution is -2.30. The smallest absolute Gasteiger partial charge is 0.186 e. The van der Waals surface area contributed by atoms with E-state index in [1.807, 2.05) is 6.92 Å². The Morgan fingerprint density at radius 1 is 1.06 bits per heavy atom. The van der Waals surface area contributed by atoms with E-state index in [9.17, 15) is 13.2 Å². The van der Waals surface area contributed by atoms with Gasteiger partial charge in [0.15, 0.2) is 20.0 Å². The molecule has 0 fully saturated rings. The van der Waals surface area contributed by atoms with Crippen molar-refractivity contribution >= 4 is 8.32 Å². The van der Waals surface area contributed by atoms with Crippen molar-refractivity contribution in [1.29, 1.82) is 0 Å². The molecule has 1 nitrogen and oxygen atoms in total. The first-order valence-corrected chi connectivity index (χ1v) is 9.24. The summed E-state index contributed by atoms with van der Waals surface area (Å²) in [7, 11) is -1.69. The lowest BCUT2D eigenvalue weighted by Gasteiger charge is -2.21. The number of aryl methyl sites for hydroxylation is 1. The molecule has 0 aromatic heterocycles. The quantitative estimate of drug-likeness (QED) is 0.556. The third-order valence-corrected chi connectivity index (χ3v) is 5.48. The van der Waals surface area contributed by atoms with Crippen LogP contribution in [0.2, 0.25) is 19.1 Å². The summed E-state index contributed by atoms with van der Waals surface area (Å²) in [5.41, 5.74) is 0.232. The van der Waals surface area contributed by atoms with Crippen molar-refractivity contribution in [2.45, 2.75) is 38.9 Å². The van der Waals surface area contributed by atoms with Crippen molar-refractivity contribution in [2.75, 3.05) is 6.61 Å². The Kier molecular flexibility index (Phi) is 5.41. The summed E-state index contributed by atoms with van der Waals surface area (Å²) in [6.45, 7) is 6.82. The fourth-order valence-electron chi connectivity index (χ4n) is 1.92. The van der Waals surface area contributed by atoms with E-state index in [1.165, 1.54) is 0 Å². The highest BCUT2D eigenvalue weighted by Gasteiger charge is 2.21. The van der Waals surface area contributed by atoms with Gasteiger partial charge in [-0.05, 0) is 50.5 Å². The van der Waals surface area contributed by atoms with Crippen LogP contribution in [0.4, 0.5) is 13.2 Å². The number of benzene rings is 1. The molecule has 0 aliphatic heterocycles. The first-order valence-electron chi connectivity index (χ1n) is 6.13. The summed E-state index contributed by atoms with van der Waals surface area (Å²) < 4.78 is 44.7. The van der Waals surface area contributed by atoms with E-state index in [0.29, 0.717) is 19.1 Å². The highest BCUT2D eigenvalue weighted by molar-refractivity contribution is 6.71. The van der Waals surface area contributed by atoms with Crippen LogP contribution in [-0.2, 0) is 10.8 Å². The van der Waals surface area contributed by atoms with E-state index in [1.54, 1.807) is 0 Å². The van der Waals surface area contributed by atoms with E-state index in [-0.39, 0.29) is 5.56 Å². The highest BCUT2D eigenvalue weighted by Crippen LogP contribution is 2.19. The zero-order valence-electron chi connectivity index (χ0n) is 11.0. The molecular formula is C13H19F3OSi. The number of hydrogen-bond donors (Lipinski definition) is 0. The maximum Gasteiger partial charge on any atom is 0.186 e. The van der Waals surface area contributed by atoms with Crippen LogP contribution in [0.5, 0.6) is 0 Å². The Morgan fingerprint density at radius 2 is 1.67 bits per heavy atom. The van der Waals surface area contributed by atoms with Gasteiger partial charge < -0.3 is 4.43 Å². The summed E-state index contributed by atoms with van der Waals surface area (Å²) in [6.07, 6.45) is 1.13. The largest absolute Gasteiger partial charge is 0.418 e. The minimum atomic E-state index is -1.69. The minimum absolute atomic E-state index is 0.232. The van der Waals surface area contributed by atoms with Gasteiger partial charge in [-0.1, -0.05) is 0 Å². The van der Waals surface area contributed by atoms with Crippen LogP contribution < -0.4 is 0 Å². The van der Waals surface area contributed by atoms with Gasteiger partial charge in [0.2, 0.25) is 0 Å². The first kappa shape index (κ1) is 15.2. The zero-order valence-corrected chi connectivity index (χ0v) is 12.0. The molecule has 1 aromatic carbocycles. The van der Waals surface area contributed by atoms with Gasteiger partial charge in [-0.15, -0.1) is 0 Å². The molecule has 18 heavy (non-hydrogen) atoms. The van der Waals surface area contributed by atoms with Crippen LogP contribution in [0.3, 0.4) is 0 Å². The Bertz CT molecular complexity index is 407. The fourth-order valence-corrected chi connectivity index (χ4v) is 3.88. The monoisotopic (exact) mass is 276 g/mol. The molecule has 0 amide bonds. The maximum atomic E-state index is 13.4. The van der Waals surface area contributed by atoms with Crippen molar-refractivity contribution in [3.8, 4) is 0 Å². The van der Waals surface area contributed by atoms with Crippen molar-refractivity contribution in [3.05, 3.63) is 35.1 Å². The van der Waals surface area contributed by atoms with E-state index < -0.39 is 25.8 Å². The second kappa shape index (κ2) is 6.38. The first-order chi connectivity index (χ1) is 8.35. The van der Waals surface area contributed by atoms with Crippen molar-refractivity contribution in [3.63, 3.8) is 0 Å². The topological polar surface area (TPSA) is 9.23 Å². The second-order valence-corrected chi connectivity index (χ2v) is 9.21. The number of rotatable bonds is 6. The van der Waals surface area contributed by atoms with Gasteiger partial charge in [0, 0.05) is 12.7 Å². The van der Waals surface area contributed by atoms with E-state index in [4.69, 9.17) is 4.43 Å². The molecule has 0 radical (unpaired) electrons. The average Bonchev–Trinajstić information content (AvgIpc) is 2.25. The van der Waals surface area contributed by atoms with Crippen LogP contribution >= 0.6 is 0 Å². The Labute approximate surface area is 107 Å². The molecule has 0 saturated heterocycles. The second-order valence-electron chi connectivity index (χ2n) is 4.90. The number of halogens is 3. The molecule has 0 saturated carbocycles. The molecule has 0 bridgehead atoms. The Balaban J connectivity index is 2.57. The fraction of sp³-hybridized carbons (Fsp3) is 0.538. The average molecular weight is 276 g/mol. The van der Waals surface area contributed by atoms with E-state index in [0.717, 1.165) is 18.5 Å². The molecule has 0 atom stereocenters. The molecule has 1 aromatic rings. The summed E-state index contributed by atoms with van der Waals surface area (Å²) in [6, 6.07) is 2.43. The molecule has 0 spiro atoms. The van der Waals surface area contributed by atoms with Crippen molar-refractivity contribution < 1.29 is 17.6 Å². The summed E-state index contributed by atoms with van der Waals surface area (Å²) in [5, 5.41) is 0. The van der Waals surface area contributed by atoms with Crippen LogP contribution in [0.25, 0.3) is 0 Å². The minimum Gasteiger partial charge on any atom is -0.418 e. The molecule has 0 aliphatic rings. The molecule has 0 aliphatic carbocycles. The van der Waals surface area contributed by atoms with Gasteiger partial charge in [-0.2, -0.15) is 0 Å². The molecule has 102 valence electrons.